The summed E-state index contributed by atoms with van der Waals surface area (Å²) in [4.78, 5) is 0. The molecule has 0 heterocycles. The molecular weight excluding hydrogens is 248 g/mol. The lowest BCUT2D eigenvalue weighted by atomic mass is 9.98. The van der Waals surface area contributed by atoms with Crippen LogP contribution in [0.25, 0.3) is 10.8 Å². The predicted octanol–water partition coefficient (Wildman–Crippen LogP) is 3.93. The third-order valence-electron chi connectivity index (χ3n) is 3.50. The van der Waals surface area contributed by atoms with Crippen LogP contribution in [-0.2, 0) is 0 Å². The summed E-state index contributed by atoms with van der Waals surface area (Å²) in [6, 6.07) is 21.6. The third kappa shape index (κ3) is 2.26. The molecule has 0 aliphatic heterocycles. The van der Waals surface area contributed by atoms with Gasteiger partial charge in [-0.1, -0.05) is 54.6 Å². The van der Waals surface area contributed by atoms with Crippen LogP contribution in [0.4, 0.5) is 0 Å². The number of rotatable bonds is 3. The minimum Gasteiger partial charge on any atom is -0.496 e. The first-order chi connectivity index (χ1) is 9.79. The van der Waals surface area contributed by atoms with E-state index < -0.39 is 6.10 Å². The minimum atomic E-state index is -0.644. The topological polar surface area (TPSA) is 29.5 Å². The molecule has 0 unspecified atom stereocenters. The lowest BCUT2D eigenvalue weighted by Crippen LogP contribution is -2.00. The van der Waals surface area contributed by atoms with Crippen LogP contribution in [0.15, 0.2) is 66.7 Å². The lowest BCUT2D eigenvalue weighted by molar-refractivity contribution is 0.220. The number of hydrogen-bond donors (Lipinski definition) is 1. The number of hydrogen-bond acceptors (Lipinski definition) is 2. The molecule has 3 rings (SSSR count). The Morgan fingerprint density at radius 1 is 0.850 bits per heavy atom. The van der Waals surface area contributed by atoms with Gasteiger partial charge in [0.15, 0.2) is 0 Å². The van der Waals surface area contributed by atoms with Crippen molar-refractivity contribution >= 4 is 10.8 Å². The van der Waals surface area contributed by atoms with E-state index in [4.69, 9.17) is 4.74 Å². The van der Waals surface area contributed by atoms with Crippen molar-refractivity contribution in [2.24, 2.45) is 0 Å². The summed E-state index contributed by atoms with van der Waals surface area (Å²) in [7, 11) is 1.65. The van der Waals surface area contributed by atoms with E-state index in [1.165, 1.54) is 0 Å². The first-order valence-corrected chi connectivity index (χ1v) is 6.59. The molecular formula is C18H16O2. The maximum Gasteiger partial charge on any atom is 0.127 e. The maximum atomic E-state index is 10.5. The van der Waals surface area contributed by atoms with Crippen LogP contribution in [0.5, 0.6) is 5.75 Å². The predicted molar refractivity (Wildman–Crippen MR) is 81.0 cm³/mol. The summed E-state index contributed by atoms with van der Waals surface area (Å²) >= 11 is 0. The van der Waals surface area contributed by atoms with Crippen molar-refractivity contribution < 1.29 is 9.84 Å². The van der Waals surface area contributed by atoms with Crippen LogP contribution in [0.1, 0.15) is 17.2 Å². The fraction of sp³-hybridized carbons (Fsp3) is 0.111. The van der Waals surface area contributed by atoms with Gasteiger partial charge in [0.05, 0.1) is 7.11 Å². The molecule has 1 N–H and O–H groups in total. The Kier molecular flexibility index (Phi) is 3.40. The van der Waals surface area contributed by atoms with Crippen molar-refractivity contribution in [2.75, 3.05) is 7.11 Å². The minimum absolute atomic E-state index is 0.644. The molecule has 0 fully saturated rings. The molecule has 100 valence electrons. The second kappa shape index (κ2) is 5.35. The largest absolute Gasteiger partial charge is 0.496 e. The second-order valence-corrected chi connectivity index (χ2v) is 4.76. The van der Waals surface area contributed by atoms with Crippen molar-refractivity contribution in [3.63, 3.8) is 0 Å². The Labute approximate surface area is 118 Å². The number of fused-ring (bicyclic) bond motifs is 1. The molecule has 3 aromatic rings. The van der Waals surface area contributed by atoms with Gasteiger partial charge in [-0.3, -0.25) is 0 Å². The average molecular weight is 264 g/mol. The fourth-order valence-electron chi connectivity index (χ4n) is 2.45. The molecule has 0 amide bonds. The van der Waals surface area contributed by atoms with E-state index in [2.05, 4.69) is 0 Å². The van der Waals surface area contributed by atoms with Gasteiger partial charge in [-0.05, 0) is 28.6 Å². The summed E-state index contributed by atoms with van der Waals surface area (Å²) in [5.41, 5.74) is 1.72. The van der Waals surface area contributed by atoms with Gasteiger partial charge < -0.3 is 9.84 Å². The molecule has 3 aromatic carbocycles. The number of ether oxygens (including phenoxy) is 1. The summed E-state index contributed by atoms with van der Waals surface area (Å²) in [6.07, 6.45) is -0.644. The Morgan fingerprint density at radius 3 is 2.30 bits per heavy atom. The molecule has 2 nitrogen and oxygen atoms in total. The summed E-state index contributed by atoms with van der Waals surface area (Å²) in [5.74, 6) is 0.785. The Hall–Kier alpha value is -2.32. The highest BCUT2D eigenvalue weighted by Gasteiger charge is 2.13. The van der Waals surface area contributed by atoms with Gasteiger partial charge in [-0.15, -0.1) is 0 Å². The third-order valence-corrected chi connectivity index (χ3v) is 3.50. The molecule has 0 saturated heterocycles. The van der Waals surface area contributed by atoms with E-state index in [1.807, 2.05) is 66.7 Å². The summed E-state index contributed by atoms with van der Waals surface area (Å²) in [5, 5.41) is 12.6. The Bertz CT molecular complexity index is 720. The van der Waals surface area contributed by atoms with E-state index in [-0.39, 0.29) is 0 Å². The van der Waals surface area contributed by atoms with Gasteiger partial charge >= 0.3 is 0 Å². The SMILES string of the molecule is COc1cc([C@@H](O)c2ccccc2)cc2ccccc12. The summed E-state index contributed by atoms with van der Waals surface area (Å²) < 4.78 is 5.44. The molecule has 0 bridgehead atoms. The monoisotopic (exact) mass is 264 g/mol. The lowest BCUT2D eigenvalue weighted by Gasteiger charge is -2.14. The highest BCUT2D eigenvalue weighted by atomic mass is 16.5. The van der Waals surface area contributed by atoms with Crippen molar-refractivity contribution in [1.82, 2.24) is 0 Å². The van der Waals surface area contributed by atoms with Crippen LogP contribution in [0, 0.1) is 0 Å². The molecule has 0 aliphatic rings. The molecule has 20 heavy (non-hydrogen) atoms. The molecule has 2 heteroatoms. The zero-order valence-corrected chi connectivity index (χ0v) is 11.3. The molecule has 0 aliphatic carbocycles. The zero-order chi connectivity index (χ0) is 13.9. The molecule has 0 radical (unpaired) electrons. The smallest absolute Gasteiger partial charge is 0.127 e. The first-order valence-electron chi connectivity index (χ1n) is 6.59. The van der Waals surface area contributed by atoms with Crippen LogP contribution < -0.4 is 4.74 Å². The highest BCUT2D eigenvalue weighted by Crippen LogP contribution is 2.32. The molecule has 0 aromatic heterocycles. The van der Waals surface area contributed by atoms with Crippen LogP contribution >= 0.6 is 0 Å². The zero-order valence-electron chi connectivity index (χ0n) is 11.3. The van der Waals surface area contributed by atoms with E-state index in [0.717, 1.165) is 27.6 Å². The van der Waals surface area contributed by atoms with Gasteiger partial charge in [0.25, 0.3) is 0 Å². The second-order valence-electron chi connectivity index (χ2n) is 4.76. The molecule has 0 saturated carbocycles. The van der Waals surface area contributed by atoms with Gasteiger partial charge in [0, 0.05) is 5.39 Å². The Morgan fingerprint density at radius 2 is 1.55 bits per heavy atom. The van der Waals surface area contributed by atoms with Crippen LogP contribution in [0.2, 0.25) is 0 Å². The summed E-state index contributed by atoms with van der Waals surface area (Å²) in [6.45, 7) is 0. The normalized spacial score (nSPS) is 12.3. The van der Waals surface area contributed by atoms with Crippen molar-refractivity contribution in [3.8, 4) is 5.75 Å². The van der Waals surface area contributed by atoms with E-state index in [9.17, 15) is 5.11 Å². The van der Waals surface area contributed by atoms with E-state index in [0.29, 0.717) is 0 Å². The number of benzene rings is 3. The quantitative estimate of drug-likeness (QED) is 0.776. The van der Waals surface area contributed by atoms with E-state index in [1.54, 1.807) is 7.11 Å². The number of aliphatic hydroxyl groups is 1. The van der Waals surface area contributed by atoms with Gasteiger partial charge in [0.1, 0.15) is 11.9 Å². The average Bonchev–Trinajstić information content (AvgIpc) is 2.54. The van der Waals surface area contributed by atoms with Crippen LogP contribution in [-0.4, -0.2) is 12.2 Å². The fourth-order valence-corrected chi connectivity index (χ4v) is 2.45. The first kappa shape index (κ1) is 12.7. The van der Waals surface area contributed by atoms with E-state index >= 15 is 0 Å². The van der Waals surface area contributed by atoms with Gasteiger partial charge in [-0.2, -0.15) is 0 Å². The maximum absolute atomic E-state index is 10.5. The number of aliphatic hydroxyl groups excluding tert-OH is 1. The number of methoxy groups -OCH3 is 1. The van der Waals surface area contributed by atoms with Gasteiger partial charge in [0.2, 0.25) is 0 Å². The highest BCUT2D eigenvalue weighted by molar-refractivity contribution is 5.89. The van der Waals surface area contributed by atoms with Crippen molar-refractivity contribution in [1.29, 1.82) is 0 Å². The standard InChI is InChI=1S/C18H16O2/c1-20-17-12-15(11-14-9-5-6-10-16(14)17)18(19)13-7-3-2-4-8-13/h2-12,18-19H,1H3/t18-/m0/s1. The molecule has 1 atom stereocenters. The van der Waals surface area contributed by atoms with Crippen molar-refractivity contribution in [2.45, 2.75) is 6.10 Å². The van der Waals surface area contributed by atoms with Gasteiger partial charge in [-0.25, -0.2) is 0 Å². The Balaban J connectivity index is 2.12. The van der Waals surface area contributed by atoms with Crippen molar-refractivity contribution in [3.05, 3.63) is 77.9 Å². The van der Waals surface area contributed by atoms with Crippen LogP contribution in [0.3, 0.4) is 0 Å². The molecule has 0 spiro atoms.